The second-order valence-electron chi connectivity index (χ2n) is 4.13. The number of aromatic amines is 1. The number of aliphatic hydroxyl groups is 1. The molecule has 0 saturated heterocycles. The molecule has 0 fully saturated rings. The molecule has 0 aliphatic carbocycles. The van der Waals surface area contributed by atoms with Gasteiger partial charge >= 0.3 is 5.69 Å². The van der Waals surface area contributed by atoms with Crippen molar-refractivity contribution in [3.8, 4) is 11.8 Å². The third kappa shape index (κ3) is 3.76. The van der Waals surface area contributed by atoms with Crippen LogP contribution in [0.25, 0.3) is 0 Å². The Labute approximate surface area is 121 Å². The van der Waals surface area contributed by atoms with Crippen LogP contribution < -0.4 is 5.69 Å². The zero-order valence-electron chi connectivity index (χ0n) is 11.1. The van der Waals surface area contributed by atoms with Crippen LogP contribution in [0, 0.1) is 11.8 Å². The lowest BCUT2D eigenvalue weighted by Crippen LogP contribution is -2.12. The number of H-pyrrole nitrogens is 1. The smallest absolute Gasteiger partial charge is 0.343 e. The van der Waals surface area contributed by atoms with Crippen molar-refractivity contribution in [2.75, 3.05) is 6.61 Å². The largest absolute Gasteiger partial charge is 0.395 e. The van der Waals surface area contributed by atoms with Gasteiger partial charge in [-0.2, -0.15) is 0 Å². The van der Waals surface area contributed by atoms with Crippen LogP contribution in [0.1, 0.15) is 17.5 Å². The summed E-state index contributed by atoms with van der Waals surface area (Å²) < 4.78 is 1.48. The SMILES string of the molecule is Cn1c(SCc2cccc(C#CCCO)c2)n[nH]c1=O. The molecule has 0 atom stereocenters. The molecule has 104 valence electrons. The van der Waals surface area contributed by atoms with E-state index < -0.39 is 0 Å². The van der Waals surface area contributed by atoms with E-state index in [1.165, 1.54) is 16.3 Å². The van der Waals surface area contributed by atoms with Crippen molar-refractivity contribution in [1.82, 2.24) is 14.8 Å². The van der Waals surface area contributed by atoms with Crippen molar-refractivity contribution in [2.45, 2.75) is 17.3 Å². The maximum Gasteiger partial charge on any atom is 0.343 e. The lowest BCUT2D eigenvalue weighted by molar-refractivity contribution is 0.305. The highest BCUT2D eigenvalue weighted by Gasteiger charge is 2.05. The maximum atomic E-state index is 11.2. The Morgan fingerprint density at radius 2 is 2.35 bits per heavy atom. The number of hydrogen-bond acceptors (Lipinski definition) is 4. The summed E-state index contributed by atoms with van der Waals surface area (Å²) in [6.07, 6.45) is 0.481. The normalized spacial score (nSPS) is 10.1. The number of benzene rings is 1. The van der Waals surface area contributed by atoms with Crippen LogP contribution in [0.3, 0.4) is 0 Å². The van der Waals surface area contributed by atoms with Crippen molar-refractivity contribution in [3.63, 3.8) is 0 Å². The highest BCUT2D eigenvalue weighted by atomic mass is 32.2. The van der Waals surface area contributed by atoms with Crippen LogP contribution in [0.2, 0.25) is 0 Å². The lowest BCUT2D eigenvalue weighted by atomic mass is 10.1. The molecule has 0 aliphatic heterocycles. The van der Waals surface area contributed by atoms with Crippen LogP contribution >= 0.6 is 11.8 Å². The van der Waals surface area contributed by atoms with Crippen LogP contribution in [0.5, 0.6) is 0 Å². The third-order valence-electron chi connectivity index (χ3n) is 2.60. The van der Waals surface area contributed by atoms with E-state index in [1.807, 2.05) is 24.3 Å². The first-order chi connectivity index (χ1) is 9.70. The fourth-order valence-electron chi connectivity index (χ4n) is 1.57. The molecule has 2 N–H and O–H groups in total. The van der Waals surface area contributed by atoms with Gasteiger partial charge in [0.25, 0.3) is 0 Å². The van der Waals surface area contributed by atoms with Gasteiger partial charge in [0, 0.05) is 24.8 Å². The molecule has 1 aromatic heterocycles. The molecule has 6 heteroatoms. The molecule has 0 saturated carbocycles. The maximum absolute atomic E-state index is 11.2. The van der Waals surface area contributed by atoms with Gasteiger partial charge in [-0.1, -0.05) is 35.7 Å². The summed E-state index contributed by atoms with van der Waals surface area (Å²) in [6.45, 7) is 0.0791. The van der Waals surface area contributed by atoms with E-state index in [0.717, 1.165) is 11.1 Å². The summed E-state index contributed by atoms with van der Waals surface area (Å²) in [5, 5.41) is 15.7. The van der Waals surface area contributed by atoms with Gasteiger partial charge in [0.05, 0.1) is 6.61 Å². The van der Waals surface area contributed by atoms with E-state index in [9.17, 15) is 4.79 Å². The predicted octanol–water partition coefficient (Wildman–Crippen LogP) is 1.13. The van der Waals surface area contributed by atoms with Crippen molar-refractivity contribution in [3.05, 3.63) is 45.9 Å². The van der Waals surface area contributed by atoms with Gasteiger partial charge in [-0.05, 0) is 17.7 Å². The van der Waals surface area contributed by atoms with Gasteiger partial charge < -0.3 is 5.11 Å². The van der Waals surface area contributed by atoms with Crippen LogP contribution in [0.15, 0.2) is 34.2 Å². The first-order valence-electron chi connectivity index (χ1n) is 6.13. The number of hydrogen-bond donors (Lipinski definition) is 2. The minimum Gasteiger partial charge on any atom is -0.395 e. The number of thioether (sulfide) groups is 1. The number of rotatable bonds is 4. The van der Waals surface area contributed by atoms with Gasteiger partial charge in [0.2, 0.25) is 0 Å². The standard InChI is InChI=1S/C14H15N3O2S/c1-17-13(19)15-16-14(17)20-10-12-7-4-6-11(9-12)5-2-3-8-18/h4,6-7,9,18H,3,8,10H2,1H3,(H,15,19). The molecule has 2 aromatic rings. The number of nitrogens with zero attached hydrogens (tertiary/aromatic N) is 2. The molecule has 0 bridgehead atoms. The van der Waals surface area contributed by atoms with E-state index in [2.05, 4.69) is 22.0 Å². The van der Waals surface area contributed by atoms with Crippen molar-refractivity contribution < 1.29 is 5.11 Å². The molecule has 0 radical (unpaired) electrons. The highest BCUT2D eigenvalue weighted by Crippen LogP contribution is 2.19. The summed E-state index contributed by atoms with van der Waals surface area (Å²) in [5.41, 5.74) is 1.82. The number of aromatic nitrogens is 3. The molecular weight excluding hydrogens is 274 g/mol. The molecule has 1 heterocycles. The lowest BCUT2D eigenvalue weighted by Gasteiger charge is -2.01. The van der Waals surface area contributed by atoms with Gasteiger partial charge in [-0.15, -0.1) is 5.10 Å². The molecule has 0 spiro atoms. The molecule has 0 aliphatic rings. The molecule has 0 unspecified atom stereocenters. The van der Waals surface area contributed by atoms with Crippen LogP contribution in [-0.4, -0.2) is 26.5 Å². The van der Waals surface area contributed by atoms with Gasteiger partial charge in [0.1, 0.15) is 0 Å². The Morgan fingerprint density at radius 3 is 3.05 bits per heavy atom. The van der Waals surface area contributed by atoms with E-state index in [4.69, 9.17) is 5.11 Å². The number of aliphatic hydroxyl groups excluding tert-OH is 1. The summed E-state index contributed by atoms with van der Waals surface area (Å²) in [7, 11) is 1.69. The van der Waals surface area contributed by atoms with Gasteiger partial charge in [-0.3, -0.25) is 4.57 Å². The van der Waals surface area contributed by atoms with Gasteiger partial charge in [-0.25, -0.2) is 9.89 Å². The van der Waals surface area contributed by atoms with Gasteiger partial charge in [0.15, 0.2) is 5.16 Å². The van der Waals surface area contributed by atoms with E-state index in [0.29, 0.717) is 17.3 Å². The molecular formula is C14H15N3O2S. The second kappa shape index (κ2) is 6.98. The Kier molecular flexibility index (Phi) is 5.04. The summed E-state index contributed by atoms with van der Waals surface area (Å²) in [6, 6.07) is 7.89. The van der Waals surface area contributed by atoms with E-state index in [1.54, 1.807) is 7.05 Å². The molecule has 20 heavy (non-hydrogen) atoms. The average molecular weight is 289 g/mol. The number of nitrogens with one attached hydrogen (secondary N) is 1. The minimum absolute atomic E-state index is 0.0791. The summed E-state index contributed by atoms with van der Waals surface area (Å²) in [4.78, 5) is 11.2. The zero-order valence-corrected chi connectivity index (χ0v) is 11.9. The minimum atomic E-state index is -0.212. The van der Waals surface area contributed by atoms with Crippen LogP contribution in [0.4, 0.5) is 0 Å². The fourth-order valence-corrected chi connectivity index (χ4v) is 2.43. The summed E-state index contributed by atoms with van der Waals surface area (Å²) in [5.74, 6) is 6.61. The van der Waals surface area contributed by atoms with Crippen molar-refractivity contribution in [2.24, 2.45) is 7.05 Å². The Morgan fingerprint density at radius 1 is 1.50 bits per heavy atom. The summed E-state index contributed by atoms with van der Waals surface area (Å²) >= 11 is 1.49. The fraction of sp³-hybridized carbons (Fsp3) is 0.286. The molecule has 1 aromatic carbocycles. The zero-order chi connectivity index (χ0) is 14.4. The van der Waals surface area contributed by atoms with E-state index >= 15 is 0 Å². The Hall–Kier alpha value is -1.97. The predicted molar refractivity (Wildman–Crippen MR) is 78.4 cm³/mol. The third-order valence-corrected chi connectivity index (χ3v) is 3.70. The molecule has 0 amide bonds. The topological polar surface area (TPSA) is 70.9 Å². The Bertz CT molecular complexity index is 694. The monoisotopic (exact) mass is 289 g/mol. The van der Waals surface area contributed by atoms with Crippen molar-refractivity contribution in [1.29, 1.82) is 0 Å². The first kappa shape index (κ1) is 14.4. The highest BCUT2D eigenvalue weighted by molar-refractivity contribution is 7.98. The second-order valence-corrected chi connectivity index (χ2v) is 5.08. The molecule has 2 rings (SSSR count). The average Bonchev–Trinajstić information content (AvgIpc) is 2.77. The quantitative estimate of drug-likeness (QED) is 0.654. The van der Waals surface area contributed by atoms with E-state index in [-0.39, 0.29) is 12.3 Å². The van der Waals surface area contributed by atoms with Crippen LogP contribution in [-0.2, 0) is 12.8 Å². The molecule has 5 nitrogen and oxygen atoms in total. The Balaban J connectivity index is 2.03. The van der Waals surface area contributed by atoms with Crippen molar-refractivity contribution >= 4 is 11.8 Å². The first-order valence-corrected chi connectivity index (χ1v) is 7.12.